The molecular weight excluding hydrogens is 354 g/mol. The van der Waals surface area contributed by atoms with Crippen LogP contribution in [0.2, 0.25) is 0 Å². The van der Waals surface area contributed by atoms with Crippen LogP contribution in [0, 0.1) is 0 Å². The largest absolute Gasteiger partial charge is 0.374 e. The predicted molar refractivity (Wildman–Crippen MR) is 114 cm³/mol. The summed E-state index contributed by atoms with van der Waals surface area (Å²) in [5.41, 5.74) is 3.42. The zero-order valence-electron chi connectivity index (χ0n) is 15.5. The SMILES string of the molecule is CCn1c2ccccc2c2cc(N[C@@H](C)C(=O)NCc3cccs3)ccc21. The van der Waals surface area contributed by atoms with E-state index in [0.29, 0.717) is 6.54 Å². The Kier molecular flexibility index (Phi) is 4.86. The van der Waals surface area contributed by atoms with Crippen LogP contribution in [0.5, 0.6) is 0 Å². The van der Waals surface area contributed by atoms with E-state index in [1.54, 1.807) is 11.3 Å². The molecule has 138 valence electrons. The number of para-hydroxylation sites is 1. The third-order valence-corrected chi connectivity index (χ3v) is 5.76. The van der Waals surface area contributed by atoms with Crippen molar-refractivity contribution in [3.05, 3.63) is 64.9 Å². The lowest BCUT2D eigenvalue weighted by Crippen LogP contribution is -2.37. The highest BCUT2D eigenvalue weighted by Crippen LogP contribution is 2.31. The number of carbonyl (C=O) groups excluding carboxylic acids is 1. The fourth-order valence-corrected chi connectivity index (χ4v) is 4.18. The van der Waals surface area contributed by atoms with Gasteiger partial charge < -0.3 is 15.2 Å². The molecule has 0 radical (unpaired) electrons. The molecule has 2 N–H and O–H groups in total. The lowest BCUT2D eigenvalue weighted by molar-refractivity contribution is -0.121. The summed E-state index contributed by atoms with van der Waals surface area (Å²) in [4.78, 5) is 13.6. The Morgan fingerprint density at radius 1 is 1.07 bits per heavy atom. The first-order valence-corrected chi connectivity index (χ1v) is 10.1. The number of nitrogens with one attached hydrogen (secondary N) is 2. The number of rotatable bonds is 6. The fourth-order valence-electron chi connectivity index (χ4n) is 3.54. The topological polar surface area (TPSA) is 46.1 Å². The van der Waals surface area contributed by atoms with Crippen LogP contribution in [0.15, 0.2) is 60.0 Å². The van der Waals surface area contributed by atoms with E-state index in [1.165, 1.54) is 21.8 Å². The molecule has 5 heteroatoms. The number of fused-ring (bicyclic) bond motifs is 3. The van der Waals surface area contributed by atoms with Crippen LogP contribution < -0.4 is 10.6 Å². The molecule has 0 bridgehead atoms. The van der Waals surface area contributed by atoms with E-state index in [4.69, 9.17) is 0 Å². The molecule has 2 aromatic carbocycles. The molecule has 0 aliphatic carbocycles. The van der Waals surface area contributed by atoms with Gasteiger partial charge in [0.05, 0.1) is 6.54 Å². The summed E-state index contributed by atoms with van der Waals surface area (Å²) >= 11 is 1.65. The first kappa shape index (κ1) is 17.6. The highest BCUT2D eigenvalue weighted by Gasteiger charge is 2.14. The first-order chi connectivity index (χ1) is 13.2. The van der Waals surface area contributed by atoms with Crippen molar-refractivity contribution in [1.29, 1.82) is 0 Å². The van der Waals surface area contributed by atoms with E-state index in [-0.39, 0.29) is 11.9 Å². The van der Waals surface area contributed by atoms with E-state index < -0.39 is 0 Å². The van der Waals surface area contributed by atoms with Gasteiger partial charge in [-0.15, -0.1) is 11.3 Å². The standard InChI is InChI=1S/C22H23N3OS/c1-3-25-20-9-5-4-8-18(20)19-13-16(10-11-21(19)25)24-15(2)22(26)23-14-17-7-6-12-27-17/h4-13,15,24H,3,14H2,1-2H3,(H,23,26)/t15-/m0/s1. The van der Waals surface area contributed by atoms with E-state index >= 15 is 0 Å². The Labute approximate surface area is 162 Å². The minimum Gasteiger partial charge on any atom is -0.374 e. The number of carbonyl (C=O) groups is 1. The van der Waals surface area contributed by atoms with Crippen molar-refractivity contribution in [2.24, 2.45) is 0 Å². The Balaban J connectivity index is 1.55. The van der Waals surface area contributed by atoms with E-state index in [2.05, 4.69) is 64.6 Å². The molecule has 0 aliphatic heterocycles. The van der Waals surface area contributed by atoms with Crippen LogP contribution in [-0.4, -0.2) is 16.5 Å². The highest BCUT2D eigenvalue weighted by molar-refractivity contribution is 7.09. The molecule has 27 heavy (non-hydrogen) atoms. The second-order valence-corrected chi connectivity index (χ2v) is 7.69. The second kappa shape index (κ2) is 7.45. The van der Waals surface area contributed by atoms with Crippen LogP contribution in [-0.2, 0) is 17.9 Å². The number of benzene rings is 2. The van der Waals surface area contributed by atoms with Gasteiger partial charge in [0.1, 0.15) is 6.04 Å². The quantitative estimate of drug-likeness (QED) is 0.497. The van der Waals surface area contributed by atoms with Crippen molar-refractivity contribution >= 4 is 44.7 Å². The van der Waals surface area contributed by atoms with Gasteiger partial charge in [-0.05, 0) is 49.6 Å². The van der Waals surface area contributed by atoms with Crippen LogP contribution in [0.25, 0.3) is 21.8 Å². The summed E-state index contributed by atoms with van der Waals surface area (Å²) < 4.78 is 2.33. The maximum Gasteiger partial charge on any atom is 0.242 e. The lowest BCUT2D eigenvalue weighted by atomic mass is 10.1. The van der Waals surface area contributed by atoms with E-state index in [9.17, 15) is 4.79 Å². The van der Waals surface area contributed by atoms with Crippen molar-refractivity contribution in [3.63, 3.8) is 0 Å². The van der Waals surface area contributed by atoms with Crippen molar-refractivity contribution in [2.45, 2.75) is 33.0 Å². The number of anilines is 1. The number of aromatic nitrogens is 1. The third kappa shape index (κ3) is 3.43. The van der Waals surface area contributed by atoms with Gasteiger partial charge in [-0.3, -0.25) is 4.79 Å². The van der Waals surface area contributed by atoms with E-state index in [1.807, 2.05) is 24.4 Å². The highest BCUT2D eigenvalue weighted by atomic mass is 32.1. The summed E-state index contributed by atoms with van der Waals surface area (Å²) in [5.74, 6) is -0.000478. The molecule has 0 fully saturated rings. The molecule has 0 spiro atoms. The molecule has 1 amide bonds. The maximum atomic E-state index is 12.4. The minimum absolute atomic E-state index is 0.000478. The zero-order valence-corrected chi connectivity index (χ0v) is 16.3. The monoisotopic (exact) mass is 377 g/mol. The molecule has 2 aromatic heterocycles. The normalized spacial score (nSPS) is 12.4. The van der Waals surface area contributed by atoms with Gasteiger partial charge in [-0.1, -0.05) is 24.3 Å². The number of aryl methyl sites for hydroxylation is 1. The van der Waals surface area contributed by atoms with Gasteiger partial charge in [0.2, 0.25) is 5.91 Å². The molecular formula is C22H23N3OS. The van der Waals surface area contributed by atoms with Crippen LogP contribution >= 0.6 is 11.3 Å². The molecule has 4 rings (SSSR count). The van der Waals surface area contributed by atoms with Crippen molar-refractivity contribution < 1.29 is 4.79 Å². The third-order valence-electron chi connectivity index (χ3n) is 4.88. The van der Waals surface area contributed by atoms with Gasteiger partial charge in [-0.25, -0.2) is 0 Å². The smallest absolute Gasteiger partial charge is 0.242 e. The van der Waals surface area contributed by atoms with Crippen molar-refractivity contribution in [1.82, 2.24) is 9.88 Å². The Morgan fingerprint density at radius 3 is 2.67 bits per heavy atom. The summed E-state index contributed by atoms with van der Waals surface area (Å²) in [6.07, 6.45) is 0. The molecule has 0 saturated heterocycles. The minimum atomic E-state index is -0.304. The van der Waals surface area contributed by atoms with Gasteiger partial charge in [0, 0.05) is 38.9 Å². The van der Waals surface area contributed by atoms with Crippen LogP contribution in [0.4, 0.5) is 5.69 Å². The molecule has 0 unspecified atom stereocenters. The van der Waals surface area contributed by atoms with Gasteiger partial charge in [-0.2, -0.15) is 0 Å². The van der Waals surface area contributed by atoms with Crippen LogP contribution in [0.1, 0.15) is 18.7 Å². The number of hydrogen-bond acceptors (Lipinski definition) is 3. The van der Waals surface area contributed by atoms with Gasteiger partial charge in [0.25, 0.3) is 0 Å². The molecule has 4 nitrogen and oxygen atoms in total. The molecule has 0 aliphatic rings. The number of nitrogens with zero attached hydrogens (tertiary/aromatic N) is 1. The zero-order chi connectivity index (χ0) is 18.8. The number of thiophene rings is 1. The van der Waals surface area contributed by atoms with Crippen LogP contribution in [0.3, 0.4) is 0 Å². The van der Waals surface area contributed by atoms with Gasteiger partial charge >= 0.3 is 0 Å². The Hall–Kier alpha value is -2.79. The lowest BCUT2D eigenvalue weighted by Gasteiger charge is -2.15. The maximum absolute atomic E-state index is 12.4. The summed E-state index contributed by atoms with van der Waals surface area (Å²) in [6, 6.07) is 18.5. The molecule has 2 heterocycles. The first-order valence-electron chi connectivity index (χ1n) is 9.25. The number of amides is 1. The average Bonchev–Trinajstić information content (AvgIpc) is 3.31. The Bertz CT molecular complexity index is 1080. The number of hydrogen-bond donors (Lipinski definition) is 2. The summed E-state index contributed by atoms with van der Waals surface area (Å²) in [7, 11) is 0. The fraction of sp³-hybridized carbons (Fsp3) is 0.227. The van der Waals surface area contributed by atoms with E-state index in [0.717, 1.165) is 17.1 Å². The Morgan fingerprint density at radius 2 is 1.89 bits per heavy atom. The van der Waals surface area contributed by atoms with Gasteiger partial charge in [0.15, 0.2) is 0 Å². The van der Waals surface area contributed by atoms with Crippen molar-refractivity contribution in [3.8, 4) is 0 Å². The summed E-state index contributed by atoms with van der Waals surface area (Å²) in [5, 5.41) is 10.8. The predicted octanol–water partition coefficient (Wildman–Crippen LogP) is 4.99. The molecule has 4 aromatic rings. The summed E-state index contributed by atoms with van der Waals surface area (Å²) in [6.45, 7) is 5.56. The van der Waals surface area contributed by atoms with Crippen molar-refractivity contribution in [2.75, 3.05) is 5.32 Å². The average molecular weight is 378 g/mol. The molecule has 1 atom stereocenters. The second-order valence-electron chi connectivity index (χ2n) is 6.66. The molecule has 0 saturated carbocycles.